The Kier molecular flexibility index (Phi) is 5.59. The molecule has 0 saturated heterocycles. The van der Waals surface area contributed by atoms with E-state index in [-0.39, 0.29) is 23.8 Å². The van der Waals surface area contributed by atoms with Gasteiger partial charge >= 0.3 is 0 Å². The van der Waals surface area contributed by atoms with E-state index in [1.165, 1.54) is 14.0 Å². The smallest absolute Gasteiger partial charge is 0.235 e. The molecule has 1 atom stereocenters. The number of amides is 1. The summed E-state index contributed by atoms with van der Waals surface area (Å²) in [6, 6.07) is 1.37. The average Bonchev–Trinajstić information content (AvgIpc) is 2.49. The number of carbonyl (C=O) groups is 1. The molecule has 1 aromatic heterocycles. The number of aromatic nitrogens is 1. The summed E-state index contributed by atoms with van der Waals surface area (Å²) in [5.41, 5.74) is 0.739. The van der Waals surface area contributed by atoms with Crippen molar-refractivity contribution in [1.82, 2.24) is 10.3 Å². The second kappa shape index (κ2) is 7.27. The minimum atomic E-state index is -3.39. The van der Waals surface area contributed by atoms with Crippen LogP contribution in [0.1, 0.15) is 31.4 Å². The molecule has 7 nitrogen and oxygen atoms in total. The van der Waals surface area contributed by atoms with E-state index in [1.807, 2.05) is 0 Å². The van der Waals surface area contributed by atoms with Crippen molar-refractivity contribution < 1.29 is 23.1 Å². The molecule has 1 saturated carbocycles. The molecule has 1 aliphatic rings. The number of hydrogen-bond donors (Lipinski definition) is 2. The van der Waals surface area contributed by atoms with Crippen LogP contribution in [0.3, 0.4) is 0 Å². The Labute approximate surface area is 136 Å². The Morgan fingerprint density at radius 1 is 1.48 bits per heavy atom. The third-order valence-corrected chi connectivity index (χ3v) is 5.64. The van der Waals surface area contributed by atoms with Crippen LogP contribution in [-0.4, -0.2) is 49.1 Å². The largest absolute Gasteiger partial charge is 0.495 e. The van der Waals surface area contributed by atoms with Gasteiger partial charge in [0.15, 0.2) is 9.84 Å². The van der Waals surface area contributed by atoms with E-state index in [2.05, 4.69) is 10.3 Å². The van der Waals surface area contributed by atoms with Gasteiger partial charge in [-0.3, -0.25) is 9.78 Å². The standard InChI is InChI=1S/C15H22N2O5S/c1-3-23(20,21)9-14(19)17-15(10-4-12(18)5-10)11-6-13(22-2)8-16-7-11/h6-8,10,12,15,18H,3-5,9H2,1-2H3,(H,17,19)/t10?,12?,15-/m1/s1. The number of aliphatic hydroxyl groups excluding tert-OH is 1. The van der Waals surface area contributed by atoms with Crippen LogP contribution in [0.25, 0.3) is 0 Å². The van der Waals surface area contributed by atoms with Crippen LogP contribution in [-0.2, 0) is 14.6 Å². The Hall–Kier alpha value is -1.67. The highest BCUT2D eigenvalue weighted by Crippen LogP contribution is 2.38. The molecule has 0 aliphatic heterocycles. The van der Waals surface area contributed by atoms with E-state index in [4.69, 9.17) is 4.74 Å². The van der Waals surface area contributed by atoms with Crippen LogP contribution < -0.4 is 10.1 Å². The van der Waals surface area contributed by atoms with Gasteiger partial charge in [0.05, 0.1) is 25.5 Å². The third-order valence-electron chi connectivity index (χ3n) is 4.06. The summed E-state index contributed by atoms with van der Waals surface area (Å²) in [6.45, 7) is 1.51. The van der Waals surface area contributed by atoms with E-state index in [1.54, 1.807) is 18.5 Å². The Bertz CT molecular complexity index is 656. The van der Waals surface area contributed by atoms with Crippen LogP contribution in [0, 0.1) is 5.92 Å². The van der Waals surface area contributed by atoms with Gasteiger partial charge in [0.25, 0.3) is 0 Å². The molecule has 1 heterocycles. The summed E-state index contributed by atoms with van der Waals surface area (Å²) in [5.74, 6) is -0.545. The van der Waals surface area contributed by atoms with Gasteiger partial charge in [-0.05, 0) is 30.4 Å². The SMILES string of the molecule is CCS(=O)(=O)CC(=O)N[C@@H](c1cncc(OC)c1)C1CC(O)C1. The Balaban J connectivity index is 2.16. The second-order valence-electron chi connectivity index (χ2n) is 5.77. The predicted molar refractivity (Wildman–Crippen MR) is 84.7 cm³/mol. The van der Waals surface area contributed by atoms with Gasteiger partial charge in [-0.2, -0.15) is 0 Å². The summed E-state index contributed by atoms with van der Waals surface area (Å²) >= 11 is 0. The minimum absolute atomic E-state index is 0.0483. The maximum Gasteiger partial charge on any atom is 0.235 e. The molecule has 8 heteroatoms. The number of methoxy groups -OCH3 is 1. The number of hydrogen-bond acceptors (Lipinski definition) is 6. The van der Waals surface area contributed by atoms with Gasteiger partial charge in [-0.15, -0.1) is 0 Å². The Morgan fingerprint density at radius 2 is 2.17 bits per heavy atom. The zero-order chi connectivity index (χ0) is 17.0. The van der Waals surface area contributed by atoms with Crippen LogP contribution in [0.2, 0.25) is 0 Å². The predicted octanol–water partition coefficient (Wildman–Crippen LogP) is 0.453. The van der Waals surface area contributed by atoms with Gasteiger partial charge in [0.1, 0.15) is 11.5 Å². The van der Waals surface area contributed by atoms with E-state index < -0.39 is 21.5 Å². The zero-order valence-electron chi connectivity index (χ0n) is 13.2. The molecule has 1 fully saturated rings. The van der Waals surface area contributed by atoms with Crippen molar-refractivity contribution >= 4 is 15.7 Å². The van der Waals surface area contributed by atoms with Crippen LogP contribution in [0.15, 0.2) is 18.5 Å². The maximum atomic E-state index is 12.1. The maximum absolute atomic E-state index is 12.1. The lowest BCUT2D eigenvalue weighted by Crippen LogP contribution is -2.43. The van der Waals surface area contributed by atoms with E-state index in [0.29, 0.717) is 18.6 Å². The molecular formula is C15H22N2O5S. The van der Waals surface area contributed by atoms with Crippen molar-refractivity contribution in [2.45, 2.75) is 31.9 Å². The Morgan fingerprint density at radius 3 is 2.74 bits per heavy atom. The van der Waals surface area contributed by atoms with Gasteiger partial charge in [-0.25, -0.2) is 8.42 Å². The number of aliphatic hydroxyl groups is 1. The minimum Gasteiger partial charge on any atom is -0.495 e. The summed E-state index contributed by atoms with van der Waals surface area (Å²) in [7, 11) is -1.86. The quantitative estimate of drug-likeness (QED) is 0.745. The molecule has 2 rings (SSSR count). The number of sulfone groups is 1. The van der Waals surface area contributed by atoms with Crippen LogP contribution >= 0.6 is 0 Å². The normalized spacial score (nSPS) is 22.0. The molecule has 0 unspecified atom stereocenters. The first-order valence-corrected chi connectivity index (χ1v) is 9.33. The van der Waals surface area contributed by atoms with Gasteiger partial charge < -0.3 is 15.2 Å². The molecule has 0 spiro atoms. The molecule has 0 aromatic carbocycles. The molecule has 1 amide bonds. The first-order valence-electron chi connectivity index (χ1n) is 7.51. The number of ether oxygens (including phenoxy) is 1. The lowest BCUT2D eigenvalue weighted by Gasteiger charge is -2.38. The molecule has 23 heavy (non-hydrogen) atoms. The van der Waals surface area contributed by atoms with Crippen LogP contribution in [0.4, 0.5) is 0 Å². The highest BCUT2D eigenvalue weighted by atomic mass is 32.2. The second-order valence-corrected chi connectivity index (χ2v) is 8.12. The van der Waals surface area contributed by atoms with Crippen molar-refractivity contribution in [3.8, 4) is 5.75 Å². The summed E-state index contributed by atoms with van der Waals surface area (Å²) in [4.78, 5) is 16.2. The fraction of sp³-hybridized carbons (Fsp3) is 0.600. The fourth-order valence-corrected chi connectivity index (χ4v) is 3.30. The van der Waals surface area contributed by atoms with Crippen molar-refractivity contribution in [1.29, 1.82) is 0 Å². The van der Waals surface area contributed by atoms with Crippen molar-refractivity contribution in [3.63, 3.8) is 0 Å². The first-order chi connectivity index (χ1) is 10.8. The lowest BCUT2D eigenvalue weighted by molar-refractivity contribution is -0.120. The zero-order valence-corrected chi connectivity index (χ0v) is 14.0. The van der Waals surface area contributed by atoms with Crippen molar-refractivity contribution in [2.75, 3.05) is 18.6 Å². The molecular weight excluding hydrogens is 320 g/mol. The van der Waals surface area contributed by atoms with Crippen molar-refractivity contribution in [2.24, 2.45) is 5.92 Å². The van der Waals surface area contributed by atoms with Gasteiger partial charge in [0.2, 0.25) is 5.91 Å². The number of carbonyl (C=O) groups excluding carboxylic acids is 1. The number of rotatable bonds is 7. The molecule has 128 valence electrons. The van der Waals surface area contributed by atoms with E-state index in [9.17, 15) is 18.3 Å². The van der Waals surface area contributed by atoms with Gasteiger partial charge in [0, 0.05) is 11.9 Å². The summed E-state index contributed by atoms with van der Waals surface area (Å²) < 4.78 is 28.3. The molecule has 0 bridgehead atoms. The summed E-state index contributed by atoms with van der Waals surface area (Å²) in [6.07, 6.45) is 3.91. The average molecular weight is 342 g/mol. The lowest BCUT2D eigenvalue weighted by atomic mass is 9.75. The molecule has 2 N–H and O–H groups in total. The van der Waals surface area contributed by atoms with Crippen LogP contribution in [0.5, 0.6) is 5.75 Å². The van der Waals surface area contributed by atoms with Gasteiger partial charge in [-0.1, -0.05) is 6.92 Å². The number of nitrogens with one attached hydrogen (secondary N) is 1. The molecule has 1 aromatic rings. The highest BCUT2D eigenvalue weighted by molar-refractivity contribution is 7.92. The van der Waals surface area contributed by atoms with E-state index in [0.717, 1.165) is 5.56 Å². The molecule has 1 aliphatic carbocycles. The molecule has 0 radical (unpaired) electrons. The first kappa shape index (κ1) is 17.7. The summed E-state index contributed by atoms with van der Waals surface area (Å²) in [5, 5.41) is 12.3. The number of pyridine rings is 1. The fourth-order valence-electron chi connectivity index (χ4n) is 2.61. The van der Waals surface area contributed by atoms with E-state index >= 15 is 0 Å². The highest BCUT2D eigenvalue weighted by Gasteiger charge is 2.36. The number of nitrogens with zero attached hydrogens (tertiary/aromatic N) is 1. The topological polar surface area (TPSA) is 106 Å². The monoisotopic (exact) mass is 342 g/mol. The van der Waals surface area contributed by atoms with Crippen molar-refractivity contribution in [3.05, 3.63) is 24.0 Å². The third kappa shape index (κ3) is 4.65.